The smallest absolute Gasteiger partial charge is 0.311 e. The van der Waals surface area contributed by atoms with Crippen molar-refractivity contribution in [2.24, 2.45) is 5.41 Å². The fourth-order valence-electron chi connectivity index (χ4n) is 3.19. The number of rotatable bonds is 3. The second kappa shape index (κ2) is 4.94. The van der Waals surface area contributed by atoms with Gasteiger partial charge in [-0.25, -0.2) is 0 Å². The Kier molecular flexibility index (Phi) is 3.29. The molecule has 2 atom stereocenters. The van der Waals surface area contributed by atoms with Gasteiger partial charge in [-0.1, -0.05) is 24.3 Å². The van der Waals surface area contributed by atoms with Gasteiger partial charge in [0.05, 0.1) is 18.1 Å². The third-order valence-electron chi connectivity index (χ3n) is 4.37. The van der Waals surface area contributed by atoms with Crippen LogP contribution in [-0.4, -0.2) is 30.8 Å². The Labute approximate surface area is 112 Å². The maximum Gasteiger partial charge on any atom is 0.311 e. The highest BCUT2D eigenvalue weighted by Gasteiger charge is 2.44. The Bertz CT molecular complexity index is 480. The molecule has 0 spiro atoms. The second-order valence-corrected chi connectivity index (χ2v) is 5.52. The van der Waals surface area contributed by atoms with E-state index in [0.29, 0.717) is 26.0 Å². The molecule has 1 saturated heterocycles. The molecular formula is C15H19NO3. The van der Waals surface area contributed by atoms with E-state index in [9.17, 15) is 9.90 Å². The molecule has 102 valence electrons. The summed E-state index contributed by atoms with van der Waals surface area (Å²) in [7, 11) is 0. The van der Waals surface area contributed by atoms with E-state index < -0.39 is 11.4 Å². The van der Waals surface area contributed by atoms with Crippen LogP contribution in [0.15, 0.2) is 24.3 Å². The predicted octanol–water partition coefficient (Wildman–Crippen LogP) is 1.75. The van der Waals surface area contributed by atoms with Crippen molar-refractivity contribution in [3.8, 4) is 0 Å². The summed E-state index contributed by atoms with van der Waals surface area (Å²) in [5.74, 6) is -0.704. The van der Waals surface area contributed by atoms with E-state index in [2.05, 4.69) is 17.4 Å². The minimum absolute atomic E-state index is 0.0825. The first-order valence-electron chi connectivity index (χ1n) is 6.85. The first-order valence-corrected chi connectivity index (χ1v) is 6.85. The molecule has 0 amide bonds. The normalized spacial score (nSPS) is 30.0. The lowest BCUT2D eigenvalue weighted by molar-refractivity contribution is -0.150. The van der Waals surface area contributed by atoms with Crippen LogP contribution in [0.5, 0.6) is 0 Å². The molecule has 0 aliphatic carbocycles. The molecule has 1 aromatic carbocycles. The summed E-state index contributed by atoms with van der Waals surface area (Å²) in [5.41, 5.74) is 1.79. The lowest BCUT2D eigenvalue weighted by Gasteiger charge is -2.32. The van der Waals surface area contributed by atoms with Crippen molar-refractivity contribution in [3.63, 3.8) is 0 Å². The molecule has 1 fully saturated rings. The highest BCUT2D eigenvalue weighted by Crippen LogP contribution is 2.40. The highest BCUT2D eigenvalue weighted by molar-refractivity contribution is 5.75. The number of fused-ring (bicyclic) bond motifs is 1. The van der Waals surface area contributed by atoms with E-state index >= 15 is 0 Å². The average molecular weight is 261 g/mol. The molecule has 2 aliphatic rings. The number of benzene rings is 1. The maximum atomic E-state index is 11.6. The molecule has 0 bridgehead atoms. The van der Waals surface area contributed by atoms with Gasteiger partial charge in [-0.05, 0) is 36.9 Å². The van der Waals surface area contributed by atoms with E-state index in [-0.39, 0.29) is 6.10 Å². The zero-order valence-electron chi connectivity index (χ0n) is 10.9. The van der Waals surface area contributed by atoms with Crippen molar-refractivity contribution < 1.29 is 14.6 Å². The van der Waals surface area contributed by atoms with Crippen LogP contribution in [-0.2, 0) is 16.0 Å². The Hall–Kier alpha value is -1.39. The van der Waals surface area contributed by atoms with Crippen LogP contribution in [0.1, 0.15) is 30.1 Å². The van der Waals surface area contributed by atoms with Crippen molar-refractivity contribution in [1.29, 1.82) is 0 Å². The highest BCUT2D eigenvalue weighted by atomic mass is 16.5. The van der Waals surface area contributed by atoms with Crippen LogP contribution < -0.4 is 5.32 Å². The monoisotopic (exact) mass is 261 g/mol. The summed E-state index contributed by atoms with van der Waals surface area (Å²) in [6.07, 6.45) is 2.09. The first-order chi connectivity index (χ1) is 9.21. The van der Waals surface area contributed by atoms with Crippen LogP contribution in [0, 0.1) is 5.41 Å². The Balaban J connectivity index is 1.86. The van der Waals surface area contributed by atoms with Gasteiger partial charge in [0.2, 0.25) is 0 Å². The number of carbonyl (C=O) groups is 1. The predicted molar refractivity (Wildman–Crippen MR) is 71.0 cm³/mol. The first kappa shape index (κ1) is 12.6. The van der Waals surface area contributed by atoms with Crippen LogP contribution in [0.2, 0.25) is 0 Å². The molecule has 2 N–H and O–H groups in total. The van der Waals surface area contributed by atoms with Crippen molar-refractivity contribution in [3.05, 3.63) is 35.4 Å². The van der Waals surface area contributed by atoms with Crippen LogP contribution in [0.25, 0.3) is 0 Å². The van der Waals surface area contributed by atoms with Gasteiger partial charge in [0.1, 0.15) is 0 Å². The Morgan fingerprint density at radius 2 is 2.32 bits per heavy atom. The molecule has 4 nitrogen and oxygen atoms in total. The summed E-state index contributed by atoms with van der Waals surface area (Å²) in [6, 6.07) is 8.22. The quantitative estimate of drug-likeness (QED) is 0.870. The van der Waals surface area contributed by atoms with Gasteiger partial charge >= 0.3 is 5.97 Å². The molecule has 4 heteroatoms. The summed E-state index contributed by atoms with van der Waals surface area (Å²) >= 11 is 0. The number of nitrogens with one attached hydrogen (secondary N) is 1. The molecular weight excluding hydrogens is 242 g/mol. The largest absolute Gasteiger partial charge is 0.481 e. The van der Waals surface area contributed by atoms with Gasteiger partial charge < -0.3 is 15.2 Å². The van der Waals surface area contributed by atoms with Gasteiger partial charge in [-0.15, -0.1) is 0 Å². The fraction of sp³-hybridized carbons (Fsp3) is 0.533. The lowest BCUT2D eigenvalue weighted by atomic mass is 9.79. The second-order valence-electron chi connectivity index (χ2n) is 5.52. The lowest BCUT2D eigenvalue weighted by Crippen LogP contribution is -2.36. The number of carboxylic acids is 1. The molecule has 2 aliphatic heterocycles. The van der Waals surface area contributed by atoms with Gasteiger partial charge in [0.25, 0.3) is 0 Å². The zero-order valence-corrected chi connectivity index (χ0v) is 10.9. The number of aliphatic carboxylic acids is 1. The topological polar surface area (TPSA) is 58.6 Å². The molecule has 0 aromatic heterocycles. The minimum Gasteiger partial charge on any atom is -0.481 e. The summed E-state index contributed by atoms with van der Waals surface area (Å²) in [4.78, 5) is 11.6. The molecule has 1 aromatic rings. The zero-order chi connectivity index (χ0) is 13.3. The summed E-state index contributed by atoms with van der Waals surface area (Å²) in [5, 5.41) is 12.7. The summed E-state index contributed by atoms with van der Waals surface area (Å²) in [6.45, 7) is 2.01. The number of carboxylic acid groups (broad SMARTS) is 1. The van der Waals surface area contributed by atoms with Crippen molar-refractivity contribution in [1.82, 2.24) is 5.32 Å². The summed E-state index contributed by atoms with van der Waals surface area (Å²) < 4.78 is 5.85. The van der Waals surface area contributed by atoms with Gasteiger partial charge in [0, 0.05) is 6.54 Å². The van der Waals surface area contributed by atoms with E-state index in [1.807, 2.05) is 12.1 Å². The van der Waals surface area contributed by atoms with E-state index in [1.54, 1.807) is 0 Å². The molecule has 0 saturated carbocycles. The molecule has 0 radical (unpaired) electrons. The third-order valence-corrected chi connectivity index (χ3v) is 4.37. The Morgan fingerprint density at radius 3 is 3.05 bits per heavy atom. The van der Waals surface area contributed by atoms with E-state index in [4.69, 9.17) is 4.74 Å². The van der Waals surface area contributed by atoms with Crippen molar-refractivity contribution in [2.75, 3.05) is 19.7 Å². The SMILES string of the molecule is O=C(O)C1(CC2OCCc3ccccc32)CCNC1. The number of ether oxygens (including phenoxy) is 1. The van der Waals surface area contributed by atoms with Crippen LogP contribution in [0.3, 0.4) is 0 Å². The Morgan fingerprint density at radius 1 is 1.47 bits per heavy atom. The number of hydrogen-bond acceptors (Lipinski definition) is 3. The minimum atomic E-state index is -0.704. The van der Waals surface area contributed by atoms with Crippen molar-refractivity contribution in [2.45, 2.75) is 25.4 Å². The number of hydrogen-bond donors (Lipinski definition) is 2. The van der Waals surface area contributed by atoms with Gasteiger partial charge in [-0.2, -0.15) is 0 Å². The maximum absolute atomic E-state index is 11.6. The molecule has 3 rings (SSSR count). The van der Waals surface area contributed by atoms with E-state index in [0.717, 1.165) is 13.0 Å². The molecule has 2 heterocycles. The third kappa shape index (κ3) is 2.26. The average Bonchev–Trinajstić information content (AvgIpc) is 2.89. The van der Waals surface area contributed by atoms with E-state index in [1.165, 1.54) is 11.1 Å². The van der Waals surface area contributed by atoms with Gasteiger partial charge in [-0.3, -0.25) is 4.79 Å². The van der Waals surface area contributed by atoms with Gasteiger partial charge in [0.15, 0.2) is 0 Å². The standard InChI is InChI=1S/C15H19NO3/c17-14(18)15(6-7-16-10-15)9-13-12-4-2-1-3-11(12)5-8-19-13/h1-4,13,16H,5-10H2,(H,17,18). The molecule has 2 unspecified atom stereocenters. The van der Waals surface area contributed by atoms with Crippen LogP contribution >= 0.6 is 0 Å². The van der Waals surface area contributed by atoms with Crippen LogP contribution in [0.4, 0.5) is 0 Å². The van der Waals surface area contributed by atoms with Crippen molar-refractivity contribution >= 4 is 5.97 Å². The molecule has 19 heavy (non-hydrogen) atoms. The fourth-order valence-corrected chi connectivity index (χ4v) is 3.19.